The number of hydrogen-bond donors (Lipinski definition) is 0. The van der Waals surface area contributed by atoms with E-state index < -0.39 is 11.7 Å². The SMILES string of the molecule is CCCCCN1C(=O)C2(COc3cc4c(cc32)OC(c2cnc(OC)nc2OC)O4)c2ccccc21. The fourth-order valence-electron chi connectivity index (χ4n) is 5.27. The van der Waals surface area contributed by atoms with Crippen molar-refractivity contribution in [3.05, 3.63) is 59.3 Å². The highest BCUT2D eigenvalue weighted by Crippen LogP contribution is 2.56. The number of nitrogens with zero attached hydrogens (tertiary/aromatic N) is 3. The molecule has 1 aromatic heterocycles. The summed E-state index contributed by atoms with van der Waals surface area (Å²) in [6, 6.07) is 11.8. The molecule has 1 amide bonds. The molecule has 0 saturated carbocycles. The molecule has 0 aliphatic carbocycles. The fourth-order valence-corrected chi connectivity index (χ4v) is 5.27. The second-order valence-corrected chi connectivity index (χ2v) is 9.06. The number of benzene rings is 2. The average molecular weight is 490 g/mol. The third-order valence-electron chi connectivity index (χ3n) is 7.06. The molecule has 36 heavy (non-hydrogen) atoms. The van der Waals surface area contributed by atoms with Crippen molar-refractivity contribution in [2.45, 2.75) is 37.9 Å². The summed E-state index contributed by atoms with van der Waals surface area (Å²) in [6.45, 7) is 3.09. The van der Waals surface area contributed by atoms with E-state index in [1.54, 1.807) is 12.3 Å². The Hall–Kier alpha value is -4.01. The summed E-state index contributed by atoms with van der Waals surface area (Å²) in [4.78, 5) is 24.3. The van der Waals surface area contributed by atoms with Crippen LogP contribution >= 0.6 is 0 Å². The largest absolute Gasteiger partial charge is 0.491 e. The van der Waals surface area contributed by atoms with Crippen molar-refractivity contribution in [3.63, 3.8) is 0 Å². The van der Waals surface area contributed by atoms with Gasteiger partial charge < -0.3 is 28.6 Å². The van der Waals surface area contributed by atoms with Gasteiger partial charge in [0.05, 0.1) is 14.2 Å². The third-order valence-corrected chi connectivity index (χ3v) is 7.06. The van der Waals surface area contributed by atoms with Crippen LogP contribution in [-0.4, -0.2) is 43.2 Å². The smallest absolute Gasteiger partial charge is 0.319 e. The van der Waals surface area contributed by atoms with Gasteiger partial charge in [-0.1, -0.05) is 38.0 Å². The lowest BCUT2D eigenvalue weighted by Crippen LogP contribution is -2.42. The molecule has 9 heteroatoms. The third kappa shape index (κ3) is 3.18. The monoisotopic (exact) mass is 489 g/mol. The van der Waals surface area contributed by atoms with Crippen LogP contribution in [0, 0.1) is 0 Å². The summed E-state index contributed by atoms with van der Waals surface area (Å²) >= 11 is 0. The van der Waals surface area contributed by atoms with Gasteiger partial charge in [0, 0.05) is 30.1 Å². The van der Waals surface area contributed by atoms with Gasteiger partial charge in [0.25, 0.3) is 6.29 Å². The zero-order chi connectivity index (χ0) is 24.9. The van der Waals surface area contributed by atoms with E-state index in [1.807, 2.05) is 35.2 Å². The lowest BCUT2D eigenvalue weighted by Gasteiger charge is -2.23. The minimum Gasteiger partial charge on any atom is -0.491 e. The minimum absolute atomic E-state index is 0.0409. The number of anilines is 1. The van der Waals surface area contributed by atoms with Crippen molar-refractivity contribution in [2.24, 2.45) is 0 Å². The molecule has 3 aliphatic rings. The molecule has 9 nitrogen and oxygen atoms in total. The molecule has 2 unspecified atom stereocenters. The highest BCUT2D eigenvalue weighted by atomic mass is 16.7. The summed E-state index contributed by atoms with van der Waals surface area (Å²) in [6.07, 6.45) is 3.86. The molecule has 6 rings (SSSR count). The van der Waals surface area contributed by atoms with Crippen LogP contribution in [0.2, 0.25) is 0 Å². The van der Waals surface area contributed by atoms with E-state index in [1.165, 1.54) is 14.2 Å². The highest BCUT2D eigenvalue weighted by Gasteiger charge is 2.57. The Morgan fingerprint density at radius 1 is 1.06 bits per heavy atom. The van der Waals surface area contributed by atoms with Crippen LogP contribution in [0.4, 0.5) is 5.69 Å². The molecule has 1 spiro atoms. The first-order valence-corrected chi connectivity index (χ1v) is 12.1. The van der Waals surface area contributed by atoms with Crippen molar-refractivity contribution in [1.82, 2.24) is 9.97 Å². The Balaban J connectivity index is 1.37. The Labute approximate surface area is 208 Å². The number of carbonyl (C=O) groups is 1. The summed E-state index contributed by atoms with van der Waals surface area (Å²) < 4.78 is 28.8. The first kappa shape index (κ1) is 22.5. The summed E-state index contributed by atoms with van der Waals surface area (Å²) in [5.41, 5.74) is 2.32. The lowest BCUT2D eigenvalue weighted by atomic mass is 9.77. The number of methoxy groups -OCH3 is 2. The lowest BCUT2D eigenvalue weighted by molar-refractivity contribution is -0.122. The van der Waals surface area contributed by atoms with Gasteiger partial charge in [0.1, 0.15) is 23.3 Å². The van der Waals surface area contributed by atoms with Gasteiger partial charge in [0.2, 0.25) is 11.8 Å². The molecule has 0 radical (unpaired) electrons. The maximum absolute atomic E-state index is 14.0. The van der Waals surface area contributed by atoms with Crippen molar-refractivity contribution >= 4 is 11.6 Å². The molecule has 2 atom stereocenters. The number of unbranched alkanes of at least 4 members (excludes halogenated alkanes) is 2. The minimum atomic E-state index is -0.907. The number of carbonyl (C=O) groups excluding carboxylic acids is 1. The van der Waals surface area contributed by atoms with Gasteiger partial charge in [0.15, 0.2) is 11.5 Å². The first-order valence-electron chi connectivity index (χ1n) is 12.1. The summed E-state index contributed by atoms with van der Waals surface area (Å²) in [7, 11) is 2.99. The van der Waals surface area contributed by atoms with Gasteiger partial charge in [-0.2, -0.15) is 4.98 Å². The highest BCUT2D eigenvalue weighted by molar-refractivity contribution is 6.11. The Morgan fingerprint density at radius 3 is 2.64 bits per heavy atom. The summed E-state index contributed by atoms with van der Waals surface area (Å²) in [5, 5.41) is 0. The Morgan fingerprint density at radius 2 is 1.86 bits per heavy atom. The van der Waals surface area contributed by atoms with Crippen molar-refractivity contribution in [1.29, 1.82) is 0 Å². The van der Waals surface area contributed by atoms with Crippen LogP contribution in [0.1, 0.15) is 49.2 Å². The van der Waals surface area contributed by atoms with Crippen LogP contribution in [-0.2, 0) is 10.2 Å². The number of hydrogen-bond acceptors (Lipinski definition) is 8. The van der Waals surface area contributed by atoms with E-state index in [4.69, 9.17) is 23.7 Å². The molecule has 3 aliphatic heterocycles. The Bertz CT molecular complexity index is 1350. The standard InChI is InChI=1S/C27H27N3O6/c1-4-5-8-11-30-19-10-7-6-9-17(19)27(25(30)31)15-34-20-13-22-21(12-18(20)27)35-24(36-22)16-14-28-26(33-3)29-23(16)32-2/h6-7,9-10,12-14,24H,4-5,8,11,15H2,1-3H3. The molecule has 0 N–H and O–H groups in total. The van der Waals surface area contributed by atoms with Crippen LogP contribution in [0.25, 0.3) is 0 Å². The molecular formula is C27H27N3O6. The molecule has 0 bridgehead atoms. The normalized spacial score (nSPS) is 20.9. The zero-order valence-electron chi connectivity index (χ0n) is 20.4. The van der Waals surface area contributed by atoms with Gasteiger partial charge in [-0.25, -0.2) is 4.98 Å². The van der Waals surface area contributed by atoms with Crippen molar-refractivity contribution in [3.8, 4) is 29.1 Å². The van der Waals surface area contributed by atoms with E-state index in [0.29, 0.717) is 35.2 Å². The number of para-hydroxylation sites is 1. The summed E-state index contributed by atoms with van der Waals surface area (Å²) in [5.74, 6) is 2.00. The van der Waals surface area contributed by atoms with Crippen LogP contribution in [0.15, 0.2) is 42.6 Å². The van der Waals surface area contributed by atoms with E-state index in [9.17, 15) is 4.79 Å². The van der Waals surface area contributed by atoms with Gasteiger partial charge in [-0.05, 0) is 24.1 Å². The van der Waals surface area contributed by atoms with Crippen molar-refractivity contribution < 1.29 is 28.5 Å². The first-order chi connectivity index (χ1) is 17.6. The molecule has 186 valence electrons. The van der Waals surface area contributed by atoms with Crippen LogP contribution in [0.3, 0.4) is 0 Å². The second-order valence-electron chi connectivity index (χ2n) is 9.06. The second kappa shape index (κ2) is 8.58. The number of fused-ring (bicyclic) bond motifs is 5. The van der Waals surface area contributed by atoms with E-state index in [2.05, 4.69) is 16.9 Å². The predicted octanol–water partition coefficient (Wildman–Crippen LogP) is 4.18. The molecule has 0 saturated heterocycles. The van der Waals surface area contributed by atoms with Gasteiger partial charge in [-0.3, -0.25) is 4.79 Å². The van der Waals surface area contributed by atoms with E-state index >= 15 is 0 Å². The average Bonchev–Trinajstić information content (AvgIpc) is 3.56. The maximum Gasteiger partial charge on any atom is 0.319 e. The number of aromatic nitrogens is 2. The topological polar surface area (TPSA) is 92.2 Å². The zero-order valence-corrected chi connectivity index (χ0v) is 20.4. The van der Waals surface area contributed by atoms with Crippen molar-refractivity contribution in [2.75, 3.05) is 32.3 Å². The number of rotatable bonds is 7. The predicted molar refractivity (Wildman–Crippen MR) is 130 cm³/mol. The fraction of sp³-hybridized carbons (Fsp3) is 0.370. The molecule has 2 aromatic carbocycles. The van der Waals surface area contributed by atoms with Gasteiger partial charge in [-0.15, -0.1) is 0 Å². The van der Waals surface area contributed by atoms with E-state index in [0.717, 1.165) is 36.1 Å². The van der Waals surface area contributed by atoms with Gasteiger partial charge >= 0.3 is 6.01 Å². The number of ether oxygens (including phenoxy) is 5. The molecular weight excluding hydrogens is 462 g/mol. The molecule has 3 aromatic rings. The van der Waals surface area contributed by atoms with Crippen LogP contribution < -0.4 is 28.6 Å². The molecule has 4 heterocycles. The van der Waals surface area contributed by atoms with E-state index in [-0.39, 0.29) is 18.5 Å². The Kier molecular flexibility index (Phi) is 5.35. The maximum atomic E-state index is 14.0. The quantitative estimate of drug-likeness (QED) is 0.457. The number of amides is 1. The van der Waals surface area contributed by atoms with Crippen LogP contribution in [0.5, 0.6) is 29.1 Å². The molecule has 0 fully saturated rings.